The van der Waals surface area contributed by atoms with Crippen molar-refractivity contribution in [1.82, 2.24) is 14.8 Å². The summed E-state index contributed by atoms with van der Waals surface area (Å²) in [6, 6.07) is 2.98. The number of anilines is 1. The highest BCUT2D eigenvalue weighted by atomic mass is 32.2. The van der Waals surface area contributed by atoms with Crippen LogP contribution in [0, 0.1) is 18.6 Å². The van der Waals surface area contributed by atoms with Crippen LogP contribution < -0.4 is 5.32 Å². The number of carbonyl (C=O) groups is 1. The zero-order valence-electron chi connectivity index (χ0n) is 10.9. The van der Waals surface area contributed by atoms with Gasteiger partial charge in [-0.15, -0.1) is 10.2 Å². The predicted molar refractivity (Wildman–Crippen MR) is 71.5 cm³/mol. The molecule has 20 heavy (non-hydrogen) atoms. The van der Waals surface area contributed by atoms with Gasteiger partial charge in [0.1, 0.15) is 17.5 Å². The third-order valence-electron chi connectivity index (χ3n) is 2.59. The minimum absolute atomic E-state index is 0.0499. The average molecular weight is 298 g/mol. The molecule has 2 aromatic rings. The van der Waals surface area contributed by atoms with Gasteiger partial charge in [0.05, 0.1) is 11.4 Å². The predicted octanol–water partition coefficient (Wildman–Crippen LogP) is 2.13. The van der Waals surface area contributed by atoms with Crippen molar-refractivity contribution in [2.45, 2.75) is 12.1 Å². The molecule has 0 spiro atoms. The Labute approximate surface area is 118 Å². The molecule has 1 N–H and O–H groups in total. The first-order chi connectivity index (χ1) is 9.47. The summed E-state index contributed by atoms with van der Waals surface area (Å²) < 4.78 is 27.8. The molecule has 106 valence electrons. The Balaban J connectivity index is 1.94. The van der Waals surface area contributed by atoms with E-state index < -0.39 is 17.5 Å². The highest BCUT2D eigenvalue weighted by Crippen LogP contribution is 2.18. The SMILES string of the molecule is Cc1nnc(SCC(=O)Nc2ccc(F)cc2F)n1C. The molecule has 0 atom stereocenters. The first kappa shape index (κ1) is 14.4. The number of aryl methyl sites for hydroxylation is 1. The van der Waals surface area contributed by atoms with Crippen molar-refractivity contribution in [3.8, 4) is 0 Å². The molecule has 1 heterocycles. The smallest absolute Gasteiger partial charge is 0.234 e. The Kier molecular flexibility index (Phi) is 4.33. The van der Waals surface area contributed by atoms with Crippen molar-refractivity contribution in [3.05, 3.63) is 35.7 Å². The number of hydrogen-bond acceptors (Lipinski definition) is 4. The van der Waals surface area contributed by atoms with Gasteiger partial charge in [-0.05, 0) is 19.1 Å². The number of aromatic nitrogens is 3. The third-order valence-corrected chi connectivity index (χ3v) is 3.61. The van der Waals surface area contributed by atoms with Crippen molar-refractivity contribution in [2.24, 2.45) is 7.05 Å². The Bertz CT molecular complexity index is 644. The zero-order valence-corrected chi connectivity index (χ0v) is 11.7. The second kappa shape index (κ2) is 6.00. The second-order valence-corrected chi connectivity index (χ2v) is 4.99. The Morgan fingerprint density at radius 1 is 1.40 bits per heavy atom. The molecule has 8 heteroatoms. The van der Waals surface area contributed by atoms with Crippen LogP contribution in [0.1, 0.15) is 5.82 Å². The largest absolute Gasteiger partial charge is 0.323 e. The van der Waals surface area contributed by atoms with Crippen LogP contribution in [0.2, 0.25) is 0 Å². The normalized spacial score (nSPS) is 10.6. The van der Waals surface area contributed by atoms with E-state index in [1.807, 2.05) is 0 Å². The van der Waals surface area contributed by atoms with E-state index in [9.17, 15) is 13.6 Å². The van der Waals surface area contributed by atoms with E-state index in [1.165, 1.54) is 17.8 Å². The molecule has 0 saturated heterocycles. The van der Waals surface area contributed by atoms with Gasteiger partial charge in [-0.25, -0.2) is 8.78 Å². The third kappa shape index (κ3) is 3.32. The number of amides is 1. The number of halogens is 2. The van der Waals surface area contributed by atoms with E-state index in [1.54, 1.807) is 18.5 Å². The fourth-order valence-corrected chi connectivity index (χ4v) is 2.18. The fourth-order valence-electron chi connectivity index (χ4n) is 1.42. The van der Waals surface area contributed by atoms with Crippen molar-refractivity contribution in [1.29, 1.82) is 0 Å². The quantitative estimate of drug-likeness (QED) is 0.879. The summed E-state index contributed by atoms with van der Waals surface area (Å²) in [5.41, 5.74) is -0.0499. The summed E-state index contributed by atoms with van der Waals surface area (Å²) in [6.45, 7) is 1.80. The maximum absolute atomic E-state index is 13.4. The fraction of sp³-hybridized carbons (Fsp3) is 0.250. The van der Waals surface area contributed by atoms with Gasteiger partial charge >= 0.3 is 0 Å². The molecule has 0 saturated carbocycles. The summed E-state index contributed by atoms with van der Waals surface area (Å²) in [7, 11) is 1.79. The van der Waals surface area contributed by atoms with Crippen molar-refractivity contribution in [3.63, 3.8) is 0 Å². The number of nitrogens with zero attached hydrogens (tertiary/aromatic N) is 3. The number of carbonyl (C=O) groups excluding carboxylic acids is 1. The summed E-state index contributed by atoms with van der Waals surface area (Å²) in [4.78, 5) is 11.7. The van der Waals surface area contributed by atoms with Crippen molar-refractivity contribution in [2.75, 3.05) is 11.1 Å². The van der Waals surface area contributed by atoms with E-state index in [4.69, 9.17) is 0 Å². The van der Waals surface area contributed by atoms with Gasteiger partial charge in [-0.3, -0.25) is 4.79 Å². The molecule has 0 fully saturated rings. The first-order valence-corrected chi connectivity index (χ1v) is 6.69. The van der Waals surface area contributed by atoms with E-state index >= 15 is 0 Å². The number of nitrogens with one attached hydrogen (secondary N) is 1. The van der Waals surface area contributed by atoms with Crippen LogP contribution in [-0.4, -0.2) is 26.4 Å². The average Bonchev–Trinajstić information content (AvgIpc) is 2.71. The molecule has 0 aliphatic carbocycles. The van der Waals surface area contributed by atoms with Crippen LogP contribution in [-0.2, 0) is 11.8 Å². The lowest BCUT2D eigenvalue weighted by Crippen LogP contribution is -2.15. The van der Waals surface area contributed by atoms with Gasteiger partial charge < -0.3 is 9.88 Å². The molecular formula is C12H12F2N4OS. The van der Waals surface area contributed by atoms with Gasteiger partial charge in [-0.2, -0.15) is 0 Å². The molecule has 5 nitrogen and oxygen atoms in total. The molecule has 0 bridgehead atoms. The topological polar surface area (TPSA) is 59.8 Å². The molecule has 2 rings (SSSR count). The molecule has 0 aliphatic heterocycles. The molecule has 1 aromatic carbocycles. The summed E-state index contributed by atoms with van der Waals surface area (Å²) in [5, 5.41) is 10.7. The monoisotopic (exact) mass is 298 g/mol. The standard InChI is InChI=1S/C12H12F2N4OS/c1-7-16-17-12(18(7)2)20-6-11(19)15-10-4-3-8(13)5-9(10)14/h3-5H,6H2,1-2H3,(H,15,19). The number of hydrogen-bond donors (Lipinski definition) is 1. The molecule has 1 aromatic heterocycles. The highest BCUT2D eigenvalue weighted by Gasteiger charge is 2.11. The zero-order chi connectivity index (χ0) is 14.7. The van der Waals surface area contributed by atoms with Crippen LogP contribution in [0.5, 0.6) is 0 Å². The van der Waals surface area contributed by atoms with Crippen LogP contribution in [0.3, 0.4) is 0 Å². The summed E-state index contributed by atoms with van der Waals surface area (Å²) in [5.74, 6) is -1.11. The molecular weight excluding hydrogens is 286 g/mol. The van der Waals surface area contributed by atoms with Crippen molar-refractivity contribution < 1.29 is 13.6 Å². The Morgan fingerprint density at radius 3 is 2.75 bits per heavy atom. The number of benzene rings is 1. The second-order valence-electron chi connectivity index (χ2n) is 4.05. The van der Waals surface area contributed by atoms with Crippen molar-refractivity contribution >= 4 is 23.4 Å². The first-order valence-electron chi connectivity index (χ1n) is 5.71. The van der Waals surface area contributed by atoms with E-state index in [0.717, 1.165) is 18.0 Å². The van der Waals surface area contributed by atoms with E-state index in [-0.39, 0.29) is 11.4 Å². The molecule has 1 amide bonds. The minimum Gasteiger partial charge on any atom is -0.323 e. The Hall–Kier alpha value is -1.96. The van der Waals surface area contributed by atoms with Gasteiger partial charge in [0.2, 0.25) is 5.91 Å². The highest BCUT2D eigenvalue weighted by molar-refractivity contribution is 7.99. The lowest BCUT2D eigenvalue weighted by molar-refractivity contribution is -0.113. The summed E-state index contributed by atoms with van der Waals surface area (Å²) >= 11 is 1.19. The minimum atomic E-state index is -0.808. The lowest BCUT2D eigenvalue weighted by atomic mass is 10.3. The van der Waals surface area contributed by atoms with E-state index in [2.05, 4.69) is 15.5 Å². The maximum atomic E-state index is 13.4. The molecule has 0 aliphatic rings. The Morgan fingerprint density at radius 2 is 2.15 bits per heavy atom. The molecule has 0 radical (unpaired) electrons. The van der Waals surface area contributed by atoms with Crippen LogP contribution >= 0.6 is 11.8 Å². The van der Waals surface area contributed by atoms with Gasteiger partial charge in [0, 0.05) is 13.1 Å². The van der Waals surface area contributed by atoms with Crippen LogP contribution in [0.15, 0.2) is 23.4 Å². The molecule has 0 unspecified atom stereocenters. The van der Waals surface area contributed by atoms with Gasteiger partial charge in [0.15, 0.2) is 5.16 Å². The lowest BCUT2D eigenvalue weighted by Gasteiger charge is -2.06. The summed E-state index contributed by atoms with van der Waals surface area (Å²) in [6.07, 6.45) is 0. The van der Waals surface area contributed by atoms with Crippen LogP contribution in [0.4, 0.5) is 14.5 Å². The van der Waals surface area contributed by atoms with Gasteiger partial charge in [-0.1, -0.05) is 11.8 Å². The van der Waals surface area contributed by atoms with Crippen LogP contribution in [0.25, 0.3) is 0 Å². The maximum Gasteiger partial charge on any atom is 0.234 e. The van der Waals surface area contributed by atoms with Gasteiger partial charge in [0.25, 0.3) is 0 Å². The van der Waals surface area contributed by atoms with E-state index in [0.29, 0.717) is 5.16 Å². The number of rotatable bonds is 4. The number of thioether (sulfide) groups is 1.